The first-order valence-corrected chi connectivity index (χ1v) is 6.06. The van der Waals surface area contributed by atoms with Gasteiger partial charge >= 0.3 is 5.63 Å². The highest BCUT2D eigenvalue weighted by atomic mass is 16.4. The molecule has 0 amide bonds. The lowest BCUT2D eigenvalue weighted by molar-refractivity contribution is 0.561. The van der Waals surface area contributed by atoms with Crippen molar-refractivity contribution in [3.63, 3.8) is 0 Å². The number of hydrogen-bond donors (Lipinski definition) is 2. The summed E-state index contributed by atoms with van der Waals surface area (Å²) in [4.78, 5) is 11.2. The second-order valence-electron chi connectivity index (χ2n) is 3.75. The number of anilines is 2. The lowest BCUT2D eigenvalue weighted by atomic mass is 10.1. The average molecular weight is 259 g/mol. The van der Waals surface area contributed by atoms with E-state index in [1.54, 1.807) is 6.07 Å². The minimum atomic E-state index is -0.325. The van der Waals surface area contributed by atoms with Gasteiger partial charge < -0.3 is 15.1 Å². The van der Waals surface area contributed by atoms with E-state index in [9.17, 15) is 4.79 Å². The number of nitrogens with zero attached hydrogens (tertiary/aromatic N) is 1. The fourth-order valence-corrected chi connectivity index (χ4v) is 1.82. The number of nitrogens with one attached hydrogen (secondary N) is 2. The fourth-order valence-electron chi connectivity index (χ4n) is 1.82. The molecular formula is C14H17N3O2. The summed E-state index contributed by atoms with van der Waals surface area (Å²) in [6.45, 7) is 9.21. The molecule has 19 heavy (non-hydrogen) atoms. The van der Waals surface area contributed by atoms with Crippen molar-refractivity contribution in [3.05, 3.63) is 34.7 Å². The molecule has 0 saturated carbocycles. The van der Waals surface area contributed by atoms with Crippen LogP contribution in [0, 0.1) is 11.8 Å². The largest absolute Gasteiger partial charge is 0.423 e. The maximum Gasteiger partial charge on any atom is 0.336 e. The number of hydrogen-bond acceptors (Lipinski definition) is 5. The van der Waals surface area contributed by atoms with E-state index in [1.165, 1.54) is 6.07 Å². The molecule has 0 spiro atoms. The van der Waals surface area contributed by atoms with Gasteiger partial charge in [-0.25, -0.2) is 10.1 Å². The molecule has 0 fully saturated rings. The van der Waals surface area contributed by atoms with Crippen molar-refractivity contribution in [2.45, 2.75) is 13.8 Å². The Hall–Kier alpha value is -2.48. The molecule has 2 rings (SSSR count). The van der Waals surface area contributed by atoms with Crippen LogP contribution in [0.15, 0.2) is 33.5 Å². The molecule has 0 aliphatic carbocycles. The van der Waals surface area contributed by atoms with Crippen LogP contribution in [0.2, 0.25) is 0 Å². The van der Waals surface area contributed by atoms with Gasteiger partial charge in [0.15, 0.2) is 0 Å². The van der Waals surface area contributed by atoms with Gasteiger partial charge in [-0.3, -0.25) is 0 Å². The van der Waals surface area contributed by atoms with Crippen molar-refractivity contribution < 1.29 is 4.42 Å². The molecule has 2 N–H and O–H groups in total. The summed E-state index contributed by atoms with van der Waals surface area (Å²) in [6, 6.07) is 7.10. The van der Waals surface area contributed by atoms with E-state index in [0.29, 0.717) is 5.58 Å². The molecule has 1 aromatic carbocycles. The van der Waals surface area contributed by atoms with Crippen LogP contribution >= 0.6 is 0 Å². The summed E-state index contributed by atoms with van der Waals surface area (Å²) in [6.07, 6.45) is 0. The molecule has 0 aliphatic rings. The van der Waals surface area contributed by atoms with Crippen LogP contribution in [0.25, 0.3) is 11.0 Å². The predicted octanol–water partition coefficient (Wildman–Crippen LogP) is 2.80. The SMILES string of the molecule is C#N.CCNc1cc(NCC)c2ccc(=O)oc2c1. The Kier molecular flexibility index (Phi) is 5.42. The minimum absolute atomic E-state index is 0.325. The van der Waals surface area contributed by atoms with Gasteiger partial charge in [-0.2, -0.15) is 0 Å². The van der Waals surface area contributed by atoms with E-state index in [1.807, 2.05) is 26.0 Å². The standard InChI is InChI=1S/C13H16N2O2.CHN/c1-3-14-9-7-11(15-4-2)10-5-6-13(16)17-12(10)8-9;1-2/h5-8,14-15H,3-4H2,1-2H3;1H. The number of nitriles is 1. The second kappa shape index (κ2) is 7.07. The van der Waals surface area contributed by atoms with Gasteiger partial charge in [0.05, 0.1) is 0 Å². The molecule has 0 atom stereocenters. The lowest BCUT2D eigenvalue weighted by Gasteiger charge is -2.10. The summed E-state index contributed by atoms with van der Waals surface area (Å²) in [5.74, 6) is 0. The summed E-state index contributed by atoms with van der Waals surface area (Å²) < 4.78 is 5.20. The summed E-state index contributed by atoms with van der Waals surface area (Å²) in [7, 11) is 0. The molecule has 5 heteroatoms. The summed E-state index contributed by atoms with van der Waals surface area (Å²) in [5, 5.41) is 13.9. The van der Waals surface area contributed by atoms with E-state index < -0.39 is 0 Å². The lowest BCUT2D eigenvalue weighted by Crippen LogP contribution is -2.03. The quantitative estimate of drug-likeness (QED) is 0.825. The molecule has 0 aliphatic heterocycles. The van der Waals surface area contributed by atoms with Crippen molar-refractivity contribution in [3.8, 4) is 6.57 Å². The molecule has 5 nitrogen and oxygen atoms in total. The number of rotatable bonds is 4. The molecule has 2 aromatic rings. The summed E-state index contributed by atoms with van der Waals surface area (Å²) >= 11 is 0. The van der Waals surface area contributed by atoms with Crippen molar-refractivity contribution in [2.24, 2.45) is 0 Å². The molecule has 1 aromatic heterocycles. The Labute approximate surface area is 111 Å². The zero-order valence-electron chi connectivity index (χ0n) is 11.1. The van der Waals surface area contributed by atoms with E-state index in [4.69, 9.17) is 9.68 Å². The number of fused-ring (bicyclic) bond motifs is 1. The Morgan fingerprint density at radius 1 is 1.16 bits per heavy atom. The molecule has 0 radical (unpaired) electrons. The monoisotopic (exact) mass is 259 g/mol. The Bertz CT molecular complexity index is 617. The second-order valence-corrected chi connectivity index (χ2v) is 3.75. The molecule has 1 heterocycles. The maximum absolute atomic E-state index is 11.2. The Morgan fingerprint density at radius 2 is 1.84 bits per heavy atom. The number of benzene rings is 1. The van der Waals surface area contributed by atoms with Crippen molar-refractivity contribution >= 4 is 22.3 Å². The summed E-state index contributed by atoms with van der Waals surface area (Å²) in [5.41, 5.74) is 2.20. The van der Waals surface area contributed by atoms with E-state index >= 15 is 0 Å². The molecule has 0 bridgehead atoms. The molecule has 0 saturated heterocycles. The molecular weight excluding hydrogens is 242 g/mol. The highest BCUT2D eigenvalue weighted by Gasteiger charge is 2.05. The van der Waals surface area contributed by atoms with Crippen molar-refractivity contribution in [1.29, 1.82) is 5.26 Å². The van der Waals surface area contributed by atoms with Crippen LogP contribution in [0.3, 0.4) is 0 Å². The van der Waals surface area contributed by atoms with Gasteiger partial charge in [0.2, 0.25) is 0 Å². The third kappa shape index (κ3) is 3.49. The van der Waals surface area contributed by atoms with Crippen LogP contribution in [-0.2, 0) is 0 Å². The molecule has 100 valence electrons. The van der Waals surface area contributed by atoms with Gasteiger partial charge in [0.25, 0.3) is 0 Å². The third-order valence-corrected chi connectivity index (χ3v) is 2.49. The Morgan fingerprint density at radius 3 is 2.47 bits per heavy atom. The van der Waals surface area contributed by atoms with Crippen LogP contribution in [-0.4, -0.2) is 13.1 Å². The minimum Gasteiger partial charge on any atom is -0.423 e. The van der Waals surface area contributed by atoms with Gasteiger partial charge in [0, 0.05) is 48.6 Å². The van der Waals surface area contributed by atoms with E-state index in [2.05, 4.69) is 17.2 Å². The van der Waals surface area contributed by atoms with Crippen molar-refractivity contribution in [2.75, 3.05) is 23.7 Å². The van der Waals surface area contributed by atoms with E-state index in [-0.39, 0.29) is 5.63 Å². The van der Waals surface area contributed by atoms with Crippen LogP contribution in [0.1, 0.15) is 13.8 Å². The zero-order chi connectivity index (χ0) is 14.3. The first-order chi connectivity index (χ1) is 9.24. The molecule has 0 unspecified atom stereocenters. The van der Waals surface area contributed by atoms with Crippen molar-refractivity contribution in [1.82, 2.24) is 0 Å². The topological polar surface area (TPSA) is 78.1 Å². The highest BCUT2D eigenvalue weighted by molar-refractivity contribution is 5.93. The first kappa shape index (κ1) is 14.6. The predicted molar refractivity (Wildman–Crippen MR) is 77.5 cm³/mol. The third-order valence-electron chi connectivity index (χ3n) is 2.49. The van der Waals surface area contributed by atoms with Crippen LogP contribution in [0.4, 0.5) is 11.4 Å². The average Bonchev–Trinajstić information content (AvgIpc) is 2.41. The first-order valence-electron chi connectivity index (χ1n) is 6.06. The Balaban J connectivity index is 0.000000861. The van der Waals surface area contributed by atoms with Gasteiger partial charge in [0.1, 0.15) is 5.58 Å². The van der Waals surface area contributed by atoms with Gasteiger partial charge in [-0.15, -0.1) is 0 Å². The smallest absolute Gasteiger partial charge is 0.336 e. The van der Waals surface area contributed by atoms with Crippen LogP contribution < -0.4 is 16.3 Å². The maximum atomic E-state index is 11.2. The van der Waals surface area contributed by atoms with Gasteiger partial charge in [-0.1, -0.05) is 0 Å². The zero-order valence-corrected chi connectivity index (χ0v) is 11.1. The van der Waals surface area contributed by atoms with Gasteiger partial charge in [-0.05, 0) is 26.0 Å². The highest BCUT2D eigenvalue weighted by Crippen LogP contribution is 2.27. The van der Waals surface area contributed by atoms with E-state index in [0.717, 1.165) is 29.9 Å². The fraction of sp³-hybridized carbons (Fsp3) is 0.286. The van der Waals surface area contributed by atoms with Crippen LogP contribution in [0.5, 0.6) is 0 Å². The normalized spacial score (nSPS) is 9.47.